The van der Waals surface area contributed by atoms with Crippen molar-refractivity contribution in [3.63, 3.8) is 0 Å². The van der Waals surface area contributed by atoms with Crippen molar-refractivity contribution in [1.29, 1.82) is 0 Å². The van der Waals surface area contributed by atoms with Gasteiger partial charge in [0.1, 0.15) is 0 Å². The minimum absolute atomic E-state index is 0.881. The van der Waals surface area contributed by atoms with Crippen molar-refractivity contribution >= 4 is 10.9 Å². The van der Waals surface area contributed by atoms with Gasteiger partial charge < -0.3 is 10.3 Å². The lowest BCUT2D eigenvalue weighted by Crippen LogP contribution is -2.17. The van der Waals surface area contributed by atoms with Crippen molar-refractivity contribution in [2.24, 2.45) is 5.92 Å². The van der Waals surface area contributed by atoms with E-state index in [4.69, 9.17) is 0 Å². The number of para-hydroxylation sites is 1. The average Bonchev–Trinajstić information content (AvgIpc) is 2.99. The van der Waals surface area contributed by atoms with E-state index >= 15 is 0 Å². The Morgan fingerprint density at radius 3 is 2.62 bits per heavy atom. The number of nitrogens with one attached hydrogen (secondary N) is 2. The summed E-state index contributed by atoms with van der Waals surface area (Å²) < 4.78 is 0. The summed E-state index contributed by atoms with van der Waals surface area (Å²) in [7, 11) is 0. The maximum absolute atomic E-state index is 4.21. The number of hydrogen-bond donors (Lipinski definition) is 2. The van der Waals surface area contributed by atoms with Crippen LogP contribution in [0.3, 0.4) is 0 Å². The Kier molecular flexibility index (Phi) is 7.94. The number of H-pyrrole nitrogens is 1. The monoisotopic (exact) mass is 326 g/mol. The lowest BCUT2D eigenvalue weighted by molar-refractivity contribution is 0.405. The Bertz CT molecular complexity index is 605. The highest BCUT2D eigenvalue weighted by molar-refractivity contribution is 5.82. The Labute approximate surface area is 147 Å². The summed E-state index contributed by atoms with van der Waals surface area (Å²) in [5, 5.41) is 4.90. The zero-order valence-electron chi connectivity index (χ0n) is 15.5. The third-order valence-electron chi connectivity index (χ3n) is 4.92. The molecule has 0 aliphatic heterocycles. The van der Waals surface area contributed by atoms with Crippen LogP contribution in [0.25, 0.3) is 10.9 Å². The van der Waals surface area contributed by atoms with Crippen LogP contribution in [0.2, 0.25) is 0 Å². The number of rotatable bonds is 12. The molecule has 0 radical (unpaired) electrons. The first-order valence-corrected chi connectivity index (χ1v) is 9.71. The molecule has 0 unspecified atom stereocenters. The quantitative estimate of drug-likeness (QED) is 0.477. The van der Waals surface area contributed by atoms with Crippen molar-refractivity contribution in [2.75, 3.05) is 6.54 Å². The topological polar surface area (TPSA) is 27.8 Å². The number of benzene rings is 1. The van der Waals surface area contributed by atoms with Gasteiger partial charge in [-0.1, -0.05) is 64.3 Å². The van der Waals surface area contributed by atoms with Gasteiger partial charge in [0.2, 0.25) is 0 Å². The van der Waals surface area contributed by atoms with Gasteiger partial charge in [0, 0.05) is 29.3 Å². The van der Waals surface area contributed by atoms with E-state index < -0.39 is 0 Å². The Morgan fingerprint density at radius 1 is 1.12 bits per heavy atom. The van der Waals surface area contributed by atoms with Crippen LogP contribution < -0.4 is 5.32 Å². The summed E-state index contributed by atoms with van der Waals surface area (Å²) in [6, 6.07) is 8.54. The second-order valence-corrected chi connectivity index (χ2v) is 6.98. The van der Waals surface area contributed by atoms with E-state index in [9.17, 15) is 0 Å². The Morgan fingerprint density at radius 2 is 1.88 bits per heavy atom. The molecular formula is C22H34N2. The first-order valence-electron chi connectivity index (χ1n) is 9.71. The van der Waals surface area contributed by atoms with Gasteiger partial charge in [0.05, 0.1) is 0 Å². The fourth-order valence-corrected chi connectivity index (χ4v) is 3.62. The maximum Gasteiger partial charge on any atom is 0.0456 e. The molecule has 1 heterocycles. The second-order valence-electron chi connectivity index (χ2n) is 6.98. The average molecular weight is 327 g/mol. The largest absolute Gasteiger partial charge is 0.389 e. The molecule has 1 aromatic carbocycles. The smallest absolute Gasteiger partial charge is 0.0456 e. The van der Waals surface area contributed by atoms with Crippen LogP contribution in [0.4, 0.5) is 0 Å². The normalized spacial score (nSPS) is 11.3. The fraction of sp³-hybridized carbons (Fsp3) is 0.545. The van der Waals surface area contributed by atoms with Crippen LogP contribution >= 0.6 is 0 Å². The van der Waals surface area contributed by atoms with Gasteiger partial charge in [-0.25, -0.2) is 0 Å². The highest BCUT2D eigenvalue weighted by Gasteiger charge is 2.07. The van der Waals surface area contributed by atoms with E-state index in [1.807, 2.05) is 0 Å². The lowest BCUT2D eigenvalue weighted by atomic mass is 9.95. The molecule has 132 valence electrons. The second kappa shape index (κ2) is 10.2. The minimum Gasteiger partial charge on any atom is -0.389 e. The van der Waals surface area contributed by atoms with Gasteiger partial charge in [0.25, 0.3) is 0 Å². The van der Waals surface area contributed by atoms with Crippen LogP contribution in [0.5, 0.6) is 0 Å². The van der Waals surface area contributed by atoms with Crippen molar-refractivity contribution in [3.8, 4) is 0 Å². The van der Waals surface area contributed by atoms with Gasteiger partial charge in [-0.2, -0.15) is 0 Å². The third-order valence-corrected chi connectivity index (χ3v) is 4.92. The van der Waals surface area contributed by atoms with Gasteiger partial charge in [-0.05, 0) is 43.2 Å². The van der Waals surface area contributed by atoms with Gasteiger partial charge >= 0.3 is 0 Å². The minimum atomic E-state index is 0.881. The summed E-state index contributed by atoms with van der Waals surface area (Å²) >= 11 is 0. The number of fused-ring (bicyclic) bond motifs is 1. The summed E-state index contributed by atoms with van der Waals surface area (Å²) in [5.41, 5.74) is 3.85. The molecule has 2 N–H and O–H groups in total. The maximum atomic E-state index is 4.21. The van der Waals surface area contributed by atoms with E-state index in [0.717, 1.165) is 31.7 Å². The molecule has 0 saturated heterocycles. The molecule has 0 atom stereocenters. The molecule has 2 rings (SSSR count). The number of aromatic amines is 1. The van der Waals surface area contributed by atoms with Crippen LogP contribution in [0.1, 0.15) is 64.4 Å². The van der Waals surface area contributed by atoms with Gasteiger partial charge in [0.15, 0.2) is 0 Å². The molecule has 0 spiro atoms. The Balaban J connectivity index is 1.66. The highest BCUT2D eigenvalue weighted by Crippen LogP contribution is 2.20. The molecule has 2 heteroatoms. The first-order chi connectivity index (χ1) is 11.7. The molecule has 0 bridgehead atoms. The predicted octanol–water partition coefficient (Wildman–Crippen LogP) is 6.20. The molecule has 1 aromatic heterocycles. The molecule has 0 aliphatic rings. The van der Waals surface area contributed by atoms with E-state index in [0.29, 0.717) is 0 Å². The zero-order valence-corrected chi connectivity index (χ0v) is 15.5. The van der Waals surface area contributed by atoms with E-state index in [2.05, 4.69) is 61.2 Å². The SMILES string of the molecule is C=C(CCCc1c[nH]c2ccccc12)NCCC(CCC)CCC. The number of allylic oxidation sites excluding steroid dienone is 1. The van der Waals surface area contributed by atoms with E-state index in [1.165, 1.54) is 54.3 Å². The lowest BCUT2D eigenvalue weighted by Gasteiger charge is -2.16. The van der Waals surface area contributed by atoms with Gasteiger partial charge in [-0.15, -0.1) is 0 Å². The summed E-state index contributed by atoms with van der Waals surface area (Å²) in [4.78, 5) is 3.36. The molecular weight excluding hydrogens is 292 g/mol. The van der Waals surface area contributed by atoms with Crippen LogP contribution in [0, 0.1) is 5.92 Å². The van der Waals surface area contributed by atoms with Crippen molar-refractivity contribution in [2.45, 2.75) is 65.2 Å². The molecule has 2 nitrogen and oxygen atoms in total. The van der Waals surface area contributed by atoms with E-state index in [1.54, 1.807) is 0 Å². The summed E-state index contributed by atoms with van der Waals surface area (Å²) in [5.74, 6) is 0.881. The third kappa shape index (κ3) is 5.74. The van der Waals surface area contributed by atoms with Crippen LogP contribution in [-0.2, 0) is 6.42 Å². The van der Waals surface area contributed by atoms with Crippen LogP contribution in [-0.4, -0.2) is 11.5 Å². The highest BCUT2D eigenvalue weighted by atomic mass is 14.9. The summed E-state index contributed by atoms with van der Waals surface area (Å²) in [6.45, 7) is 9.87. The molecule has 0 fully saturated rings. The van der Waals surface area contributed by atoms with E-state index in [-0.39, 0.29) is 0 Å². The number of hydrogen-bond acceptors (Lipinski definition) is 1. The molecule has 0 saturated carbocycles. The van der Waals surface area contributed by atoms with Crippen molar-refractivity contribution in [1.82, 2.24) is 10.3 Å². The van der Waals surface area contributed by atoms with Gasteiger partial charge in [-0.3, -0.25) is 0 Å². The molecule has 2 aromatic rings. The zero-order chi connectivity index (χ0) is 17.2. The fourth-order valence-electron chi connectivity index (χ4n) is 3.62. The predicted molar refractivity (Wildman–Crippen MR) is 106 cm³/mol. The first kappa shape index (κ1) is 18.6. The van der Waals surface area contributed by atoms with Crippen molar-refractivity contribution in [3.05, 3.63) is 48.3 Å². The standard InChI is InChI=1S/C22H34N2/c1-4-9-19(10-5-2)15-16-23-18(3)11-8-12-20-17-24-22-14-7-6-13-21(20)22/h6-7,13-14,17,19,23-24H,3-5,8-12,15-16H2,1-2H3. The van der Waals surface area contributed by atoms with Crippen LogP contribution in [0.15, 0.2) is 42.7 Å². The molecule has 0 aliphatic carbocycles. The molecule has 0 amide bonds. The number of aryl methyl sites for hydroxylation is 1. The Hall–Kier alpha value is -1.70. The van der Waals surface area contributed by atoms with Crippen molar-refractivity contribution < 1.29 is 0 Å². The summed E-state index contributed by atoms with van der Waals surface area (Å²) in [6.07, 6.45) is 12.1. The number of aromatic nitrogens is 1. The molecule has 24 heavy (non-hydrogen) atoms.